The van der Waals surface area contributed by atoms with Crippen molar-refractivity contribution in [3.8, 4) is 0 Å². The number of nitrogens with zero attached hydrogens (tertiary/aromatic N) is 1. The first-order valence-electron chi connectivity index (χ1n) is 6.39. The van der Waals surface area contributed by atoms with Gasteiger partial charge >= 0.3 is 0 Å². The van der Waals surface area contributed by atoms with E-state index in [1.54, 1.807) is 4.90 Å². The van der Waals surface area contributed by atoms with Crippen LogP contribution >= 0.6 is 0 Å². The van der Waals surface area contributed by atoms with E-state index in [0.29, 0.717) is 11.5 Å². The summed E-state index contributed by atoms with van der Waals surface area (Å²) in [5.41, 5.74) is 0.333. The Kier molecular flexibility index (Phi) is 4.36. The summed E-state index contributed by atoms with van der Waals surface area (Å²) >= 11 is 0. The van der Waals surface area contributed by atoms with E-state index in [2.05, 4.69) is 19.2 Å². The molecule has 16 heavy (non-hydrogen) atoms. The number of nitrogens with one attached hydrogen (secondary N) is 1. The molecule has 0 aromatic heterocycles. The smallest absolute Gasteiger partial charge is 0.239 e. The first-order valence-corrected chi connectivity index (χ1v) is 6.39. The van der Waals surface area contributed by atoms with Gasteiger partial charge in [-0.2, -0.15) is 0 Å². The van der Waals surface area contributed by atoms with Gasteiger partial charge in [0.05, 0.1) is 6.04 Å². The average molecular weight is 226 g/mol. The summed E-state index contributed by atoms with van der Waals surface area (Å²) in [5.74, 6) is 0.199. The number of hydrogen-bond acceptors (Lipinski definition) is 2. The molecule has 1 fully saturated rings. The molecular weight excluding hydrogens is 200 g/mol. The van der Waals surface area contributed by atoms with Gasteiger partial charge in [-0.3, -0.25) is 4.79 Å². The van der Waals surface area contributed by atoms with Crippen LogP contribution in [0.2, 0.25) is 0 Å². The van der Waals surface area contributed by atoms with E-state index in [9.17, 15) is 4.79 Å². The lowest BCUT2D eigenvalue weighted by molar-refractivity contribution is -0.131. The lowest BCUT2D eigenvalue weighted by Gasteiger charge is -2.31. The largest absolute Gasteiger partial charge is 0.345 e. The molecule has 0 bridgehead atoms. The highest BCUT2D eigenvalue weighted by atomic mass is 16.2. The predicted molar refractivity (Wildman–Crippen MR) is 67.3 cm³/mol. The molecule has 0 aliphatic heterocycles. The summed E-state index contributed by atoms with van der Waals surface area (Å²) in [7, 11) is 1.86. The van der Waals surface area contributed by atoms with Crippen LogP contribution in [0.3, 0.4) is 0 Å². The molecule has 0 heterocycles. The lowest BCUT2D eigenvalue weighted by atomic mass is 9.87. The molecule has 3 heteroatoms. The van der Waals surface area contributed by atoms with E-state index in [4.69, 9.17) is 0 Å². The highest BCUT2D eigenvalue weighted by Gasteiger charge is 2.36. The Morgan fingerprint density at radius 1 is 1.56 bits per heavy atom. The van der Waals surface area contributed by atoms with E-state index in [0.717, 1.165) is 6.54 Å². The third kappa shape index (κ3) is 2.97. The van der Waals surface area contributed by atoms with Crippen LogP contribution < -0.4 is 5.32 Å². The molecular formula is C13H26N2O. The van der Waals surface area contributed by atoms with Crippen LogP contribution in [0.25, 0.3) is 0 Å². The quantitative estimate of drug-likeness (QED) is 0.795. The Morgan fingerprint density at radius 2 is 2.19 bits per heavy atom. The Balaban J connectivity index is 2.51. The molecule has 3 nitrogen and oxygen atoms in total. The minimum atomic E-state index is -0.0627. The van der Waals surface area contributed by atoms with Gasteiger partial charge in [0, 0.05) is 19.6 Å². The standard InChI is InChI=1S/C13H26N2O/c1-6-15(5)12(16)10(2)14-11-8-7-9-13(11,3)4/h10-11,14H,6-9H2,1-5H3. The van der Waals surface area contributed by atoms with E-state index in [1.807, 2.05) is 20.9 Å². The number of rotatable bonds is 4. The van der Waals surface area contributed by atoms with Crippen molar-refractivity contribution in [1.29, 1.82) is 0 Å². The van der Waals surface area contributed by atoms with Gasteiger partial charge in [-0.25, -0.2) is 0 Å². The Bertz CT molecular complexity index is 250. The summed E-state index contributed by atoms with van der Waals surface area (Å²) in [5, 5.41) is 3.49. The van der Waals surface area contributed by atoms with Crippen LogP contribution in [0.4, 0.5) is 0 Å². The third-order valence-electron chi connectivity index (χ3n) is 3.93. The predicted octanol–water partition coefficient (Wildman–Crippen LogP) is 2.02. The minimum absolute atomic E-state index is 0.0627. The van der Waals surface area contributed by atoms with Crippen LogP contribution in [0, 0.1) is 5.41 Å². The van der Waals surface area contributed by atoms with E-state index < -0.39 is 0 Å². The molecule has 2 unspecified atom stereocenters. The van der Waals surface area contributed by atoms with Crippen molar-refractivity contribution in [1.82, 2.24) is 10.2 Å². The molecule has 1 rings (SSSR count). The van der Waals surface area contributed by atoms with Crippen LogP contribution in [0.1, 0.15) is 47.0 Å². The molecule has 1 N–H and O–H groups in total. The van der Waals surface area contributed by atoms with Crippen molar-refractivity contribution in [2.75, 3.05) is 13.6 Å². The zero-order valence-electron chi connectivity index (χ0n) is 11.3. The number of hydrogen-bond donors (Lipinski definition) is 1. The highest BCUT2D eigenvalue weighted by Crippen LogP contribution is 2.37. The monoisotopic (exact) mass is 226 g/mol. The zero-order valence-corrected chi connectivity index (χ0v) is 11.3. The Morgan fingerprint density at radius 3 is 2.62 bits per heavy atom. The fraction of sp³-hybridized carbons (Fsp3) is 0.923. The zero-order chi connectivity index (χ0) is 12.3. The SMILES string of the molecule is CCN(C)C(=O)C(C)NC1CCCC1(C)C. The third-order valence-corrected chi connectivity index (χ3v) is 3.93. The summed E-state index contributed by atoms with van der Waals surface area (Å²) < 4.78 is 0. The molecule has 1 amide bonds. The van der Waals surface area contributed by atoms with Gasteiger partial charge in [-0.1, -0.05) is 20.3 Å². The number of carbonyl (C=O) groups excluding carboxylic acids is 1. The van der Waals surface area contributed by atoms with Crippen molar-refractivity contribution in [3.05, 3.63) is 0 Å². The second-order valence-electron chi connectivity index (χ2n) is 5.67. The second-order valence-corrected chi connectivity index (χ2v) is 5.67. The number of carbonyl (C=O) groups is 1. The summed E-state index contributed by atoms with van der Waals surface area (Å²) in [6.07, 6.45) is 3.73. The second kappa shape index (κ2) is 5.17. The first kappa shape index (κ1) is 13.5. The molecule has 1 saturated carbocycles. The molecule has 0 radical (unpaired) electrons. The van der Waals surface area contributed by atoms with Gasteiger partial charge in [0.15, 0.2) is 0 Å². The van der Waals surface area contributed by atoms with Crippen molar-refractivity contribution < 1.29 is 4.79 Å². The average Bonchev–Trinajstić information content (AvgIpc) is 2.56. The highest BCUT2D eigenvalue weighted by molar-refractivity contribution is 5.81. The Labute approximate surface area is 99.6 Å². The van der Waals surface area contributed by atoms with Gasteiger partial charge in [-0.05, 0) is 32.1 Å². The fourth-order valence-electron chi connectivity index (χ4n) is 2.50. The van der Waals surface area contributed by atoms with Crippen molar-refractivity contribution in [2.45, 2.75) is 59.0 Å². The van der Waals surface area contributed by atoms with Gasteiger partial charge in [0.25, 0.3) is 0 Å². The molecule has 1 aliphatic rings. The van der Waals surface area contributed by atoms with Crippen LogP contribution in [0.5, 0.6) is 0 Å². The molecule has 2 atom stereocenters. The minimum Gasteiger partial charge on any atom is -0.345 e. The van der Waals surface area contributed by atoms with E-state index in [1.165, 1.54) is 19.3 Å². The van der Waals surface area contributed by atoms with Gasteiger partial charge < -0.3 is 10.2 Å². The van der Waals surface area contributed by atoms with Gasteiger partial charge in [-0.15, -0.1) is 0 Å². The van der Waals surface area contributed by atoms with Crippen molar-refractivity contribution >= 4 is 5.91 Å². The molecule has 0 aromatic rings. The number of likely N-dealkylation sites (N-methyl/N-ethyl adjacent to an activating group) is 1. The van der Waals surface area contributed by atoms with Crippen molar-refractivity contribution in [3.63, 3.8) is 0 Å². The maximum absolute atomic E-state index is 11.9. The molecule has 0 aromatic carbocycles. The first-order chi connectivity index (χ1) is 7.38. The van der Waals surface area contributed by atoms with Crippen LogP contribution in [-0.2, 0) is 4.79 Å². The molecule has 94 valence electrons. The van der Waals surface area contributed by atoms with E-state index >= 15 is 0 Å². The summed E-state index contributed by atoms with van der Waals surface area (Å²) in [6, 6.07) is 0.420. The molecule has 1 aliphatic carbocycles. The topological polar surface area (TPSA) is 32.3 Å². The summed E-state index contributed by atoms with van der Waals surface area (Å²) in [4.78, 5) is 13.7. The van der Waals surface area contributed by atoms with E-state index in [-0.39, 0.29) is 11.9 Å². The summed E-state index contributed by atoms with van der Waals surface area (Å²) in [6.45, 7) is 9.34. The van der Waals surface area contributed by atoms with Crippen LogP contribution in [0.15, 0.2) is 0 Å². The van der Waals surface area contributed by atoms with Gasteiger partial charge in [0.1, 0.15) is 0 Å². The van der Waals surface area contributed by atoms with Gasteiger partial charge in [0.2, 0.25) is 5.91 Å². The molecule has 0 saturated heterocycles. The van der Waals surface area contributed by atoms with Crippen molar-refractivity contribution in [2.24, 2.45) is 5.41 Å². The lowest BCUT2D eigenvalue weighted by Crippen LogP contribution is -2.50. The maximum Gasteiger partial charge on any atom is 0.239 e. The number of amides is 1. The molecule has 0 spiro atoms. The normalized spacial score (nSPS) is 25.4. The Hall–Kier alpha value is -0.570. The maximum atomic E-state index is 11.9. The fourth-order valence-corrected chi connectivity index (χ4v) is 2.50. The van der Waals surface area contributed by atoms with Crippen LogP contribution in [-0.4, -0.2) is 36.5 Å².